The maximum absolute atomic E-state index is 11.9. The zero-order chi connectivity index (χ0) is 13.6. The summed E-state index contributed by atoms with van der Waals surface area (Å²) >= 11 is 1.53. The highest BCUT2D eigenvalue weighted by atomic mass is 32.2. The van der Waals surface area contributed by atoms with E-state index in [1.165, 1.54) is 11.8 Å². The number of hydrogen-bond donors (Lipinski definition) is 3. The number of nitrogens with one attached hydrogen (secondary N) is 1. The van der Waals surface area contributed by atoms with E-state index < -0.39 is 5.60 Å². The predicted molar refractivity (Wildman–Crippen MR) is 73.5 cm³/mol. The lowest BCUT2D eigenvalue weighted by molar-refractivity contribution is 0.0725. The molecule has 0 fully saturated rings. The first-order valence-electron chi connectivity index (χ1n) is 5.63. The molecule has 0 bridgehead atoms. The summed E-state index contributed by atoms with van der Waals surface area (Å²) in [6, 6.07) is 3.27. The first-order chi connectivity index (χ1) is 8.48. The topological polar surface area (TPSA) is 88.2 Å². The number of aromatic nitrogens is 1. The average molecular weight is 269 g/mol. The highest BCUT2D eigenvalue weighted by Crippen LogP contribution is 2.09. The summed E-state index contributed by atoms with van der Waals surface area (Å²) in [6.07, 6.45) is 3.46. The molecule has 6 heteroatoms. The first-order valence-corrected chi connectivity index (χ1v) is 7.02. The minimum atomic E-state index is -0.904. The predicted octanol–water partition coefficient (Wildman–Crippen LogP) is 0.384. The summed E-state index contributed by atoms with van der Waals surface area (Å²) in [5, 5.41) is 12.6. The second-order valence-electron chi connectivity index (χ2n) is 4.35. The van der Waals surface area contributed by atoms with Crippen LogP contribution in [0.5, 0.6) is 0 Å². The molecule has 0 saturated carbocycles. The first kappa shape index (κ1) is 14.9. The Morgan fingerprint density at radius 1 is 1.67 bits per heavy atom. The molecule has 1 aromatic rings. The van der Waals surface area contributed by atoms with Gasteiger partial charge in [-0.1, -0.05) is 0 Å². The summed E-state index contributed by atoms with van der Waals surface area (Å²) in [5.41, 5.74) is 5.73. The van der Waals surface area contributed by atoms with Crippen LogP contribution in [0.2, 0.25) is 0 Å². The van der Waals surface area contributed by atoms with Crippen molar-refractivity contribution in [2.45, 2.75) is 19.1 Å². The van der Waals surface area contributed by atoms with Crippen molar-refractivity contribution < 1.29 is 9.90 Å². The van der Waals surface area contributed by atoms with Crippen LogP contribution in [-0.2, 0) is 6.54 Å². The fourth-order valence-electron chi connectivity index (χ4n) is 1.47. The van der Waals surface area contributed by atoms with E-state index in [2.05, 4.69) is 10.3 Å². The molecule has 0 aromatic carbocycles. The van der Waals surface area contributed by atoms with Crippen molar-refractivity contribution in [3.05, 3.63) is 29.6 Å². The third kappa shape index (κ3) is 4.64. The van der Waals surface area contributed by atoms with Crippen molar-refractivity contribution in [1.82, 2.24) is 10.3 Å². The molecule has 0 aliphatic heterocycles. The molecule has 1 heterocycles. The highest BCUT2D eigenvalue weighted by molar-refractivity contribution is 7.98. The van der Waals surface area contributed by atoms with E-state index in [0.29, 0.717) is 23.6 Å². The maximum Gasteiger partial charge on any atom is 0.251 e. The van der Waals surface area contributed by atoms with Gasteiger partial charge in [0, 0.05) is 30.6 Å². The zero-order valence-corrected chi connectivity index (χ0v) is 11.5. The quantitative estimate of drug-likeness (QED) is 0.695. The summed E-state index contributed by atoms with van der Waals surface area (Å²) < 4.78 is 0. The standard InChI is InChI=1S/C12H19N3O2S/c1-12(17,8-18-2)7-15-11(16)9-3-4-14-10(5-9)6-13/h3-5,17H,6-8,13H2,1-2H3,(H,15,16). The zero-order valence-electron chi connectivity index (χ0n) is 10.6. The number of rotatable bonds is 6. The number of nitrogens with two attached hydrogens (primary N) is 1. The van der Waals surface area contributed by atoms with E-state index in [1.807, 2.05) is 6.26 Å². The van der Waals surface area contributed by atoms with Crippen LogP contribution in [0, 0.1) is 0 Å². The van der Waals surface area contributed by atoms with Crippen LogP contribution in [-0.4, -0.2) is 40.2 Å². The number of carbonyl (C=O) groups is 1. The second-order valence-corrected chi connectivity index (χ2v) is 5.22. The van der Waals surface area contributed by atoms with E-state index in [0.717, 1.165) is 0 Å². The molecule has 18 heavy (non-hydrogen) atoms. The lowest BCUT2D eigenvalue weighted by atomic mass is 10.1. The summed E-state index contributed by atoms with van der Waals surface area (Å²) in [7, 11) is 0. The van der Waals surface area contributed by atoms with Crippen molar-refractivity contribution in [3.63, 3.8) is 0 Å². The fraction of sp³-hybridized carbons (Fsp3) is 0.500. The van der Waals surface area contributed by atoms with Crippen LogP contribution in [0.25, 0.3) is 0 Å². The molecule has 0 spiro atoms. The summed E-state index contributed by atoms with van der Waals surface area (Å²) in [6.45, 7) is 2.21. The van der Waals surface area contributed by atoms with Crippen LogP contribution in [0.1, 0.15) is 23.0 Å². The molecular weight excluding hydrogens is 250 g/mol. The Labute approximate surface area is 111 Å². The third-order valence-corrected chi connectivity index (χ3v) is 3.28. The second kappa shape index (κ2) is 6.72. The van der Waals surface area contributed by atoms with Crippen molar-refractivity contribution >= 4 is 17.7 Å². The minimum Gasteiger partial charge on any atom is -0.387 e. The van der Waals surface area contributed by atoms with Gasteiger partial charge in [-0.25, -0.2) is 0 Å². The molecule has 1 aromatic heterocycles. The number of thioether (sulfide) groups is 1. The van der Waals surface area contributed by atoms with Crippen molar-refractivity contribution in [2.75, 3.05) is 18.6 Å². The van der Waals surface area contributed by atoms with Crippen molar-refractivity contribution in [2.24, 2.45) is 5.73 Å². The number of amides is 1. The van der Waals surface area contributed by atoms with Crippen molar-refractivity contribution in [3.8, 4) is 0 Å². The van der Waals surface area contributed by atoms with E-state index in [-0.39, 0.29) is 12.5 Å². The van der Waals surface area contributed by atoms with Gasteiger partial charge in [-0.15, -0.1) is 0 Å². The molecule has 0 saturated heterocycles. The molecule has 1 amide bonds. The van der Waals surface area contributed by atoms with Crippen LogP contribution >= 0.6 is 11.8 Å². The van der Waals surface area contributed by atoms with E-state index >= 15 is 0 Å². The lowest BCUT2D eigenvalue weighted by Crippen LogP contribution is -2.42. The van der Waals surface area contributed by atoms with Crippen LogP contribution in [0.15, 0.2) is 18.3 Å². The van der Waals surface area contributed by atoms with Crippen LogP contribution < -0.4 is 11.1 Å². The molecule has 0 aliphatic rings. The Morgan fingerprint density at radius 2 is 2.39 bits per heavy atom. The van der Waals surface area contributed by atoms with Gasteiger partial charge in [-0.05, 0) is 25.3 Å². The highest BCUT2D eigenvalue weighted by Gasteiger charge is 2.20. The molecule has 0 aliphatic carbocycles. The molecule has 1 atom stereocenters. The third-order valence-electron chi connectivity index (χ3n) is 2.37. The molecule has 1 unspecified atom stereocenters. The molecular formula is C12H19N3O2S. The van der Waals surface area contributed by atoms with Gasteiger partial charge in [0.05, 0.1) is 11.3 Å². The average Bonchev–Trinajstić information content (AvgIpc) is 2.36. The van der Waals surface area contributed by atoms with Gasteiger partial charge in [0.25, 0.3) is 5.91 Å². The Morgan fingerprint density at radius 3 is 3.00 bits per heavy atom. The Kier molecular flexibility index (Phi) is 5.58. The minimum absolute atomic E-state index is 0.215. The summed E-state index contributed by atoms with van der Waals surface area (Å²) in [5.74, 6) is 0.339. The van der Waals surface area contributed by atoms with E-state index in [1.54, 1.807) is 25.3 Å². The van der Waals surface area contributed by atoms with Gasteiger partial charge in [0.15, 0.2) is 0 Å². The smallest absolute Gasteiger partial charge is 0.251 e. The lowest BCUT2D eigenvalue weighted by Gasteiger charge is -2.22. The Bertz CT molecular complexity index is 410. The molecule has 0 radical (unpaired) electrons. The van der Waals surface area contributed by atoms with Gasteiger partial charge in [0.1, 0.15) is 0 Å². The molecule has 5 nitrogen and oxygen atoms in total. The van der Waals surface area contributed by atoms with Gasteiger partial charge >= 0.3 is 0 Å². The molecule has 4 N–H and O–H groups in total. The largest absolute Gasteiger partial charge is 0.387 e. The number of carbonyl (C=O) groups excluding carboxylic acids is 1. The van der Waals surface area contributed by atoms with E-state index in [4.69, 9.17) is 5.73 Å². The maximum atomic E-state index is 11.9. The number of nitrogens with zero attached hydrogens (tertiary/aromatic N) is 1. The van der Waals surface area contributed by atoms with Crippen LogP contribution in [0.3, 0.4) is 0 Å². The normalized spacial score (nSPS) is 14.0. The Balaban J connectivity index is 2.60. The number of hydrogen-bond acceptors (Lipinski definition) is 5. The van der Waals surface area contributed by atoms with Crippen molar-refractivity contribution in [1.29, 1.82) is 0 Å². The number of pyridine rings is 1. The van der Waals surface area contributed by atoms with Gasteiger partial charge in [0.2, 0.25) is 0 Å². The fourth-order valence-corrected chi connectivity index (χ4v) is 2.19. The van der Waals surface area contributed by atoms with Gasteiger partial charge in [-0.2, -0.15) is 11.8 Å². The molecule has 1 rings (SSSR count). The van der Waals surface area contributed by atoms with Gasteiger partial charge < -0.3 is 16.2 Å². The van der Waals surface area contributed by atoms with Crippen LogP contribution in [0.4, 0.5) is 0 Å². The van der Waals surface area contributed by atoms with E-state index in [9.17, 15) is 9.90 Å². The van der Waals surface area contributed by atoms with Gasteiger partial charge in [-0.3, -0.25) is 9.78 Å². The SMILES string of the molecule is CSCC(C)(O)CNC(=O)c1ccnc(CN)c1. The Hall–Kier alpha value is -1.11. The molecule has 100 valence electrons. The monoisotopic (exact) mass is 269 g/mol. The summed E-state index contributed by atoms with van der Waals surface area (Å²) in [4.78, 5) is 15.9. The number of aliphatic hydroxyl groups is 1.